The number of aromatic nitrogens is 1. The molecule has 1 heterocycles. The van der Waals surface area contributed by atoms with Gasteiger partial charge in [-0.1, -0.05) is 18.2 Å². The van der Waals surface area contributed by atoms with Crippen molar-refractivity contribution in [2.45, 2.75) is 51.4 Å². The van der Waals surface area contributed by atoms with Gasteiger partial charge < -0.3 is 30.5 Å². The van der Waals surface area contributed by atoms with Gasteiger partial charge in [0.25, 0.3) is 5.91 Å². The molecule has 0 radical (unpaired) electrons. The molecule has 1 aromatic carbocycles. The summed E-state index contributed by atoms with van der Waals surface area (Å²) in [5, 5.41) is 13.1. The van der Waals surface area contributed by atoms with Crippen LogP contribution in [0.1, 0.15) is 32.3 Å². The average molecular weight is 459 g/mol. The maximum Gasteiger partial charge on any atom is 0.328 e. The van der Waals surface area contributed by atoms with E-state index in [-0.39, 0.29) is 25.8 Å². The third kappa shape index (κ3) is 7.83. The Balaban J connectivity index is 2.23. The molecule has 0 aliphatic rings. The van der Waals surface area contributed by atoms with Crippen molar-refractivity contribution in [2.24, 2.45) is 0 Å². The minimum Gasteiger partial charge on any atom is -0.461 e. The summed E-state index contributed by atoms with van der Waals surface area (Å²) >= 11 is 0. The van der Waals surface area contributed by atoms with Crippen molar-refractivity contribution in [3.05, 3.63) is 36.0 Å². The molecule has 0 saturated carbocycles. The van der Waals surface area contributed by atoms with Gasteiger partial charge in [0.2, 0.25) is 0 Å². The molecule has 2 aromatic rings. The van der Waals surface area contributed by atoms with E-state index in [1.165, 1.54) is 0 Å². The molecule has 4 N–H and O–H groups in total. The number of fused-ring (bicyclic) bond motifs is 1. The minimum atomic E-state index is -1.21. The zero-order valence-corrected chi connectivity index (χ0v) is 19.0. The van der Waals surface area contributed by atoms with Gasteiger partial charge in [0, 0.05) is 29.9 Å². The number of carbonyl (C=O) groups is 4. The molecule has 2 rings (SSSR count). The van der Waals surface area contributed by atoms with Crippen molar-refractivity contribution in [1.82, 2.24) is 15.6 Å². The van der Waals surface area contributed by atoms with Crippen molar-refractivity contribution in [3.63, 3.8) is 0 Å². The number of H-pyrrole nitrogens is 1. The monoisotopic (exact) mass is 458 g/mol. The Morgan fingerprint density at radius 3 is 2.55 bits per heavy atom. The Labute approximate surface area is 191 Å². The second-order valence-electron chi connectivity index (χ2n) is 7.77. The number of likely N-dealkylation sites (N-methyl/N-ethyl adjacent to an activating group) is 1. The molecule has 0 aliphatic carbocycles. The number of ether oxygens (including phenoxy) is 2. The lowest BCUT2D eigenvalue weighted by molar-refractivity contribution is -0.157. The zero-order valence-electron chi connectivity index (χ0n) is 19.0. The quantitative estimate of drug-likeness (QED) is 0.261. The van der Waals surface area contributed by atoms with Gasteiger partial charge >= 0.3 is 11.9 Å². The van der Waals surface area contributed by atoms with Crippen LogP contribution in [-0.2, 0) is 35.1 Å². The number of carbonyl (C=O) groups excluding carboxylic acids is 4. The second-order valence-corrected chi connectivity index (χ2v) is 7.77. The van der Waals surface area contributed by atoms with Gasteiger partial charge in [-0.25, -0.2) is 4.79 Å². The maximum atomic E-state index is 13.1. The molecule has 33 heavy (non-hydrogen) atoms. The van der Waals surface area contributed by atoms with Crippen LogP contribution >= 0.6 is 0 Å². The van der Waals surface area contributed by atoms with E-state index in [9.17, 15) is 19.2 Å². The third-order valence-corrected chi connectivity index (χ3v) is 4.76. The van der Waals surface area contributed by atoms with E-state index in [0.717, 1.165) is 16.5 Å². The fourth-order valence-corrected chi connectivity index (χ4v) is 3.22. The number of para-hydroxylation sites is 1. The summed E-state index contributed by atoms with van der Waals surface area (Å²) in [5.74, 6) is -2.50. The number of Topliss-reactive ketones (excluding diaryl/α,β-unsaturated/α-hetero) is 1. The number of hydrogen-bond donors (Lipinski definition) is 4. The number of nitrogens with one attached hydrogen (secondary N) is 4. The number of aromatic amines is 1. The Bertz CT molecular complexity index is 1000. The van der Waals surface area contributed by atoms with Crippen LogP contribution in [0.25, 0.3) is 10.9 Å². The summed E-state index contributed by atoms with van der Waals surface area (Å²) in [6.07, 6.45) is 0.681. The van der Waals surface area contributed by atoms with Crippen LogP contribution in [0.5, 0.6) is 0 Å². The highest BCUT2D eigenvalue weighted by atomic mass is 16.6. The molecule has 0 spiro atoms. The number of amides is 1. The van der Waals surface area contributed by atoms with E-state index in [2.05, 4.69) is 15.6 Å². The predicted molar refractivity (Wildman–Crippen MR) is 122 cm³/mol. The topological polar surface area (TPSA) is 150 Å². The van der Waals surface area contributed by atoms with E-state index < -0.39 is 41.9 Å². The SMILES string of the molecule is CNCC(=O)OC(Cc1c[nH]c2ccccc12)C(=O)N[C@@H](CCC(=O)C=N)C(=O)OC(C)C. The average Bonchev–Trinajstić information content (AvgIpc) is 3.18. The molecular weight excluding hydrogens is 428 g/mol. The zero-order chi connectivity index (χ0) is 24.4. The molecule has 1 aromatic heterocycles. The fraction of sp³-hybridized carbons (Fsp3) is 0.435. The number of benzene rings is 1. The predicted octanol–water partition coefficient (Wildman–Crippen LogP) is 1.28. The van der Waals surface area contributed by atoms with Crippen molar-refractivity contribution in [1.29, 1.82) is 5.41 Å². The first-order chi connectivity index (χ1) is 15.7. The number of ketones is 1. The lowest BCUT2D eigenvalue weighted by Gasteiger charge is -2.22. The number of hydrogen-bond acceptors (Lipinski definition) is 8. The van der Waals surface area contributed by atoms with Gasteiger partial charge in [-0.15, -0.1) is 0 Å². The molecule has 0 aliphatic heterocycles. The third-order valence-electron chi connectivity index (χ3n) is 4.76. The lowest BCUT2D eigenvalue weighted by atomic mass is 10.0. The van der Waals surface area contributed by atoms with Crippen LogP contribution in [0.4, 0.5) is 0 Å². The first kappa shape index (κ1) is 25.7. The largest absolute Gasteiger partial charge is 0.461 e. The van der Waals surface area contributed by atoms with E-state index in [0.29, 0.717) is 6.21 Å². The summed E-state index contributed by atoms with van der Waals surface area (Å²) in [6, 6.07) is 6.38. The van der Waals surface area contributed by atoms with E-state index in [1.807, 2.05) is 24.3 Å². The van der Waals surface area contributed by atoms with Gasteiger partial charge in [0.15, 0.2) is 11.9 Å². The molecule has 10 heteroatoms. The van der Waals surface area contributed by atoms with Crippen LogP contribution in [0.2, 0.25) is 0 Å². The fourth-order valence-electron chi connectivity index (χ4n) is 3.22. The first-order valence-corrected chi connectivity index (χ1v) is 10.7. The maximum absolute atomic E-state index is 13.1. The Hall–Kier alpha value is -3.53. The van der Waals surface area contributed by atoms with Gasteiger partial charge in [0.05, 0.1) is 18.9 Å². The molecule has 178 valence electrons. The molecule has 1 unspecified atom stereocenters. The molecular formula is C23H30N4O6. The van der Waals surface area contributed by atoms with E-state index in [1.54, 1.807) is 27.1 Å². The van der Waals surface area contributed by atoms with Crippen LogP contribution in [-0.4, -0.2) is 66.7 Å². The molecule has 0 bridgehead atoms. The minimum absolute atomic E-state index is 0.0459. The highest BCUT2D eigenvalue weighted by molar-refractivity contribution is 6.26. The summed E-state index contributed by atoms with van der Waals surface area (Å²) in [5.41, 5.74) is 1.64. The van der Waals surface area contributed by atoms with Crippen molar-refractivity contribution < 1.29 is 28.7 Å². The number of rotatable bonds is 13. The van der Waals surface area contributed by atoms with Gasteiger partial charge in [0.1, 0.15) is 6.04 Å². The van der Waals surface area contributed by atoms with Gasteiger partial charge in [-0.2, -0.15) is 0 Å². The van der Waals surface area contributed by atoms with Crippen molar-refractivity contribution >= 4 is 40.7 Å². The summed E-state index contributed by atoms with van der Waals surface area (Å²) in [7, 11) is 1.58. The van der Waals surface area contributed by atoms with Gasteiger partial charge in [-0.05, 0) is 38.9 Å². The standard InChI is InChI=1S/C23H30N4O6/c1-14(2)32-23(31)19(9-8-16(28)11-24)27-22(30)20(33-21(29)13-25-3)10-15-12-26-18-7-5-4-6-17(15)18/h4-7,11-12,14,19-20,24-26H,8-10,13H2,1-3H3,(H,27,30)/t19-,20?/m0/s1. The van der Waals surface area contributed by atoms with E-state index in [4.69, 9.17) is 14.9 Å². The normalized spacial score (nSPS) is 12.7. The van der Waals surface area contributed by atoms with Crippen LogP contribution < -0.4 is 10.6 Å². The molecule has 1 amide bonds. The van der Waals surface area contributed by atoms with Gasteiger partial charge in [-0.3, -0.25) is 14.4 Å². The van der Waals surface area contributed by atoms with E-state index >= 15 is 0 Å². The van der Waals surface area contributed by atoms with Crippen LogP contribution in [0.3, 0.4) is 0 Å². The summed E-state index contributed by atoms with van der Waals surface area (Å²) < 4.78 is 10.6. The van der Waals surface area contributed by atoms with Crippen LogP contribution in [0, 0.1) is 5.41 Å². The summed E-state index contributed by atoms with van der Waals surface area (Å²) in [6.45, 7) is 3.24. The lowest BCUT2D eigenvalue weighted by Crippen LogP contribution is -2.49. The summed E-state index contributed by atoms with van der Waals surface area (Å²) in [4.78, 5) is 52.4. The van der Waals surface area contributed by atoms with Crippen molar-refractivity contribution in [2.75, 3.05) is 13.6 Å². The Morgan fingerprint density at radius 2 is 1.88 bits per heavy atom. The first-order valence-electron chi connectivity index (χ1n) is 10.7. The molecule has 10 nitrogen and oxygen atoms in total. The second kappa shape index (κ2) is 12.5. The smallest absolute Gasteiger partial charge is 0.328 e. The Kier molecular flexibility index (Phi) is 9.74. The van der Waals surface area contributed by atoms with Crippen LogP contribution in [0.15, 0.2) is 30.5 Å². The highest BCUT2D eigenvalue weighted by Gasteiger charge is 2.30. The highest BCUT2D eigenvalue weighted by Crippen LogP contribution is 2.20. The molecule has 0 fully saturated rings. The Morgan fingerprint density at radius 1 is 1.15 bits per heavy atom. The number of esters is 2. The van der Waals surface area contributed by atoms with Crippen molar-refractivity contribution in [3.8, 4) is 0 Å². The molecule has 2 atom stereocenters. The molecule has 0 saturated heterocycles.